The van der Waals surface area contributed by atoms with Crippen LogP contribution in [0.1, 0.15) is 76.3 Å². The molecule has 0 bridgehead atoms. The third kappa shape index (κ3) is 17.7. The molecule has 1 aliphatic heterocycles. The summed E-state index contributed by atoms with van der Waals surface area (Å²) in [4.78, 5) is 39.7. The fourth-order valence-electron chi connectivity index (χ4n) is 5.02. The Hall–Kier alpha value is -3.37. The molecule has 0 amide bonds. The summed E-state index contributed by atoms with van der Waals surface area (Å²) in [5.74, 6) is -1.05. The number of rotatable bonds is 22. The quantitative estimate of drug-likeness (QED) is 0.0384. The van der Waals surface area contributed by atoms with Crippen molar-refractivity contribution in [3.05, 3.63) is 107 Å². The SMILES string of the molecule is CC/C=C\C/C=C\C/C=C\C/C=C\C/C=C\CCCC(=O)OCOC(=O)/C=C1/CN([C@H](C(=O)OC)c2ccccc2Cl)CCC1SCOC. The van der Waals surface area contributed by atoms with Crippen LogP contribution in [0.4, 0.5) is 0 Å². The van der Waals surface area contributed by atoms with E-state index in [0.717, 1.165) is 44.1 Å². The molecule has 0 radical (unpaired) electrons. The van der Waals surface area contributed by atoms with E-state index in [1.54, 1.807) is 37.1 Å². The summed E-state index contributed by atoms with van der Waals surface area (Å²) in [6.45, 7) is 2.57. The van der Waals surface area contributed by atoms with E-state index in [0.29, 0.717) is 42.5 Å². The van der Waals surface area contributed by atoms with Gasteiger partial charge in [-0.25, -0.2) is 9.59 Å². The summed E-state index contributed by atoms with van der Waals surface area (Å²) in [7, 11) is 2.95. The van der Waals surface area contributed by atoms with E-state index in [1.807, 2.05) is 11.0 Å². The first-order valence-corrected chi connectivity index (χ1v) is 18.3. The van der Waals surface area contributed by atoms with Gasteiger partial charge in [-0.1, -0.05) is 97.5 Å². The van der Waals surface area contributed by atoms with Crippen LogP contribution < -0.4 is 0 Å². The summed E-state index contributed by atoms with van der Waals surface area (Å²) in [5, 5.41) is 0.435. The van der Waals surface area contributed by atoms with Gasteiger partial charge in [0.2, 0.25) is 6.79 Å². The molecule has 1 heterocycles. The number of esters is 3. The van der Waals surface area contributed by atoms with Gasteiger partial charge in [0.05, 0.1) is 13.0 Å². The van der Waals surface area contributed by atoms with Crippen LogP contribution >= 0.6 is 23.4 Å². The van der Waals surface area contributed by atoms with E-state index >= 15 is 0 Å². The molecule has 0 aliphatic carbocycles. The second-order valence-corrected chi connectivity index (χ2v) is 12.7. The number of piperidine rings is 1. The number of halogens is 1. The van der Waals surface area contributed by atoms with Crippen LogP contribution in [0.25, 0.3) is 0 Å². The summed E-state index contributed by atoms with van der Waals surface area (Å²) in [5.41, 5.74) is 1.40. The third-order valence-corrected chi connectivity index (χ3v) is 9.14. The molecule has 2 rings (SSSR count). The number of thioether (sulfide) groups is 1. The number of allylic oxidation sites excluding steroid dienone is 10. The molecule has 49 heavy (non-hydrogen) atoms. The lowest BCUT2D eigenvalue weighted by molar-refractivity contribution is -0.164. The van der Waals surface area contributed by atoms with Gasteiger partial charge in [0, 0.05) is 43.0 Å². The number of methoxy groups -OCH3 is 2. The monoisotopic (exact) mass is 713 g/mol. The average molecular weight is 714 g/mol. The van der Waals surface area contributed by atoms with E-state index in [1.165, 1.54) is 13.2 Å². The van der Waals surface area contributed by atoms with Crippen molar-refractivity contribution >= 4 is 41.3 Å². The Morgan fingerprint density at radius 3 is 2.16 bits per heavy atom. The lowest BCUT2D eigenvalue weighted by atomic mass is 9.98. The second kappa shape index (κ2) is 26.5. The number of hydrogen-bond acceptors (Lipinski definition) is 9. The lowest BCUT2D eigenvalue weighted by Crippen LogP contribution is -2.43. The van der Waals surface area contributed by atoms with E-state index in [2.05, 4.69) is 67.7 Å². The molecule has 268 valence electrons. The van der Waals surface area contributed by atoms with Gasteiger partial charge in [0.15, 0.2) is 0 Å². The van der Waals surface area contributed by atoms with Crippen LogP contribution in [-0.2, 0) is 33.3 Å². The van der Waals surface area contributed by atoms with Gasteiger partial charge in [0.1, 0.15) is 6.04 Å². The average Bonchev–Trinajstić information content (AvgIpc) is 3.10. The van der Waals surface area contributed by atoms with Crippen molar-refractivity contribution in [2.45, 2.75) is 76.0 Å². The van der Waals surface area contributed by atoms with Gasteiger partial charge < -0.3 is 18.9 Å². The zero-order valence-corrected chi connectivity index (χ0v) is 30.7. The Kier molecular flexibility index (Phi) is 22.6. The van der Waals surface area contributed by atoms with Crippen LogP contribution in [0.15, 0.2) is 96.7 Å². The van der Waals surface area contributed by atoms with Crippen molar-refractivity contribution in [2.75, 3.05) is 40.0 Å². The number of ether oxygens (including phenoxy) is 4. The van der Waals surface area contributed by atoms with E-state index in [9.17, 15) is 14.4 Å². The molecule has 0 aromatic heterocycles. The Balaban J connectivity index is 1.74. The highest BCUT2D eigenvalue weighted by atomic mass is 35.5. The highest BCUT2D eigenvalue weighted by molar-refractivity contribution is 7.99. The number of nitrogens with zero attached hydrogens (tertiary/aromatic N) is 1. The summed E-state index contributed by atoms with van der Waals surface area (Å²) >= 11 is 8.01. The molecule has 1 fully saturated rings. The van der Waals surface area contributed by atoms with Crippen molar-refractivity contribution in [1.29, 1.82) is 0 Å². The molecule has 8 nitrogen and oxygen atoms in total. The first kappa shape index (κ1) is 41.8. The largest absolute Gasteiger partial charge is 0.468 e. The molecular weight excluding hydrogens is 662 g/mol. The molecule has 1 unspecified atom stereocenters. The van der Waals surface area contributed by atoms with Crippen LogP contribution in [0.2, 0.25) is 5.02 Å². The van der Waals surface area contributed by atoms with Crippen LogP contribution in [-0.4, -0.2) is 68.1 Å². The molecule has 1 saturated heterocycles. The zero-order chi connectivity index (χ0) is 35.5. The molecule has 0 saturated carbocycles. The maximum atomic E-state index is 12.9. The highest BCUT2D eigenvalue weighted by Crippen LogP contribution is 2.35. The molecule has 10 heteroatoms. The molecule has 0 spiro atoms. The zero-order valence-electron chi connectivity index (χ0n) is 29.1. The van der Waals surface area contributed by atoms with Crippen molar-refractivity contribution in [1.82, 2.24) is 4.90 Å². The molecular formula is C39H52ClNO7S. The number of carbonyl (C=O) groups is 3. The summed E-state index contributed by atoms with van der Waals surface area (Å²) in [6, 6.07) is 6.41. The first-order valence-electron chi connectivity index (χ1n) is 16.9. The van der Waals surface area contributed by atoms with Gasteiger partial charge in [-0.05, 0) is 68.6 Å². The van der Waals surface area contributed by atoms with E-state index < -0.39 is 30.7 Å². The fourth-order valence-corrected chi connectivity index (χ4v) is 6.18. The minimum Gasteiger partial charge on any atom is -0.468 e. The number of hydrogen-bond donors (Lipinski definition) is 0. The van der Waals surface area contributed by atoms with Gasteiger partial charge in [0.25, 0.3) is 0 Å². The number of carbonyl (C=O) groups excluding carboxylic acids is 3. The van der Waals surface area contributed by atoms with Crippen molar-refractivity contribution in [3.8, 4) is 0 Å². The van der Waals surface area contributed by atoms with Crippen LogP contribution in [0.3, 0.4) is 0 Å². The smallest absolute Gasteiger partial charge is 0.333 e. The van der Waals surface area contributed by atoms with Gasteiger partial charge in [-0.15, -0.1) is 11.8 Å². The lowest BCUT2D eigenvalue weighted by Gasteiger charge is -2.38. The van der Waals surface area contributed by atoms with Crippen molar-refractivity contribution in [3.63, 3.8) is 0 Å². The molecule has 1 aromatic carbocycles. The summed E-state index contributed by atoms with van der Waals surface area (Å²) in [6.07, 6.45) is 30.0. The predicted octanol–water partition coefficient (Wildman–Crippen LogP) is 8.86. The van der Waals surface area contributed by atoms with E-state index in [-0.39, 0.29) is 11.7 Å². The third-order valence-electron chi connectivity index (χ3n) is 7.49. The second-order valence-electron chi connectivity index (χ2n) is 11.2. The minimum atomic E-state index is -0.734. The Bertz CT molecular complexity index is 1320. The van der Waals surface area contributed by atoms with Crippen LogP contribution in [0.5, 0.6) is 0 Å². The van der Waals surface area contributed by atoms with Crippen molar-refractivity contribution < 1.29 is 33.3 Å². The maximum Gasteiger partial charge on any atom is 0.333 e. The van der Waals surface area contributed by atoms with Gasteiger partial charge in [-0.3, -0.25) is 9.69 Å². The Morgan fingerprint density at radius 1 is 0.918 bits per heavy atom. The topological polar surface area (TPSA) is 91.4 Å². The van der Waals surface area contributed by atoms with Gasteiger partial charge in [-0.2, -0.15) is 0 Å². The maximum absolute atomic E-state index is 12.9. The number of likely N-dealkylation sites (tertiary alicyclic amines) is 1. The molecule has 1 aromatic rings. The minimum absolute atomic E-state index is 0.0215. The highest BCUT2D eigenvalue weighted by Gasteiger charge is 2.35. The number of unbranched alkanes of at least 4 members (excludes halogenated alkanes) is 1. The van der Waals surface area contributed by atoms with Crippen molar-refractivity contribution in [2.24, 2.45) is 0 Å². The van der Waals surface area contributed by atoms with E-state index in [4.69, 9.17) is 30.5 Å². The standard InChI is InChI=1S/C39H52ClNO7S/c1-4-5-6-7-8-9-10-11-12-13-14-15-16-17-18-19-20-25-36(42)47-30-48-37(43)28-32-29-41(27-26-35(32)49-31-45-2)38(39(44)46-3)33-23-21-22-24-34(33)40/h5-6,8-9,11-12,14-15,17-18,21-24,28,35,38H,4,7,10,13,16,19-20,25-27,29-31H2,1-3H3/b6-5-,9-8-,12-11-,15-14-,18-17-,32-28-/t35?,38-/m0/s1. The predicted molar refractivity (Wildman–Crippen MR) is 199 cm³/mol. The van der Waals surface area contributed by atoms with Crippen LogP contribution in [0, 0.1) is 0 Å². The number of benzene rings is 1. The Morgan fingerprint density at radius 2 is 1.55 bits per heavy atom. The Labute approximate surface area is 301 Å². The fraction of sp³-hybridized carbons (Fsp3) is 0.462. The molecule has 0 N–H and O–H groups in total. The first-order chi connectivity index (χ1) is 23.9. The molecule has 1 aliphatic rings. The summed E-state index contributed by atoms with van der Waals surface area (Å²) < 4.78 is 20.7. The normalized spacial score (nSPS) is 17.2. The molecule has 2 atom stereocenters. The van der Waals surface area contributed by atoms with Gasteiger partial charge >= 0.3 is 17.9 Å².